The topological polar surface area (TPSA) is 206 Å². The molecule has 6 unspecified atom stereocenters. The lowest BCUT2D eigenvalue weighted by atomic mass is 9.50. The van der Waals surface area contributed by atoms with E-state index in [0.29, 0.717) is 21.7 Å². The largest absolute Gasteiger partial charge is 0.504 e. The van der Waals surface area contributed by atoms with Crippen molar-refractivity contribution in [1.29, 1.82) is 0 Å². The van der Waals surface area contributed by atoms with Gasteiger partial charge in [0.05, 0.1) is 51.5 Å². The Morgan fingerprint density at radius 2 is 1.57 bits per heavy atom. The average molecular weight is 851 g/mol. The summed E-state index contributed by atoms with van der Waals surface area (Å²) in [6.45, 7) is 0. The molecule has 18 heteroatoms. The molecule has 2 aliphatic heterocycles. The summed E-state index contributed by atoms with van der Waals surface area (Å²) in [6, 6.07) is 18.1. The number of nitro benzene ring substituents is 2. The summed E-state index contributed by atoms with van der Waals surface area (Å²) in [5.41, 5.74) is 0.946. The monoisotopic (exact) mass is 850 g/mol. The number of nitro groups is 2. The summed E-state index contributed by atoms with van der Waals surface area (Å²) in [7, 11) is 4.17. The van der Waals surface area contributed by atoms with Crippen molar-refractivity contribution in [3.63, 3.8) is 0 Å². The van der Waals surface area contributed by atoms with E-state index in [1.54, 1.807) is 54.6 Å². The van der Waals surface area contributed by atoms with Crippen molar-refractivity contribution in [3.8, 4) is 11.5 Å². The molecule has 3 fully saturated rings. The van der Waals surface area contributed by atoms with Gasteiger partial charge in [-0.2, -0.15) is 5.01 Å². The van der Waals surface area contributed by atoms with Gasteiger partial charge in [-0.05, 0) is 78.4 Å². The van der Waals surface area contributed by atoms with Crippen LogP contribution in [0.25, 0.3) is 6.08 Å². The van der Waals surface area contributed by atoms with Gasteiger partial charge in [0.15, 0.2) is 17.2 Å². The van der Waals surface area contributed by atoms with Crippen LogP contribution in [0.15, 0.2) is 96.6 Å². The lowest BCUT2D eigenvalue weighted by Crippen LogP contribution is -2.54. The number of carbonyl (C=O) groups is 4. The van der Waals surface area contributed by atoms with Crippen LogP contribution in [-0.2, 0) is 24.6 Å². The highest BCUT2D eigenvalue weighted by Crippen LogP contribution is 2.62. The maximum atomic E-state index is 15.3. The number of anilines is 3. The van der Waals surface area contributed by atoms with Crippen LogP contribution in [0.5, 0.6) is 11.5 Å². The predicted molar refractivity (Wildman–Crippen MR) is 220 cm³/mol. The molecule has 2 aliphatic carbocycles. The highest BCUT2D eigenvalue weighted by molar-refractivity contribution is 6.30. The first kappa shape index (κ1) is 40.6. The highest BCUT2D eigenvalue weighted by Gasteiger charge is 2.69. The molecule has 0 spiro atoms. The number of amides is 4. The zero-order chi connectivity index (χ0) is 43.7. The maximum absolute atomic E-state index is 15.3. The minimum absolute atomic E-state index is 0.00401. The summed E-state index contributed by atoms with van der Waals surface area (Å²) in [4.78, 5) is 84.1. The maximum Gasteiger partial charge on any atom is 0.301 e. The van der Waals surface area contributed by atoms with Gasteiger partial charge in [0.1, 0.15) is 5.82 Å². The number of fused-ring (bicyclic) bond motifs is 4. The number of nitrogens with zero attached hydrogens (tertiary/aromatic N) is 5. The molecule has 4 amide bonds. The van der Waals surface area contributed by atoms with Gasteiger partial charge in [0, 0.05) is 37.2 Å². The fourth-order valence-electron chi connectivity index (χ4n) is 9.62. The number of hydrazine groups is 1. The highest BCUT2D eigenvalue weighted by atomic mass is 35.5. The quantitative estimate of drug-likeness (QED) is 0.0731. The number of rotatable bonds is 10. The van der Waals surface area contributed by atoms with E-state index in [0.717, 1.165) is 34.2 Å². The third-order valence-corrected chi connectivity index (χ3v) is 12.4. The van der Waals surface area contributed by atoms with Crippen molar-refractivity contribution in [2.75, 3.05) is 36.4 Å². The fraction of sp³-hybridized carbons (Fsp3) is 0.256. The molecule has 6 atom stereocenters. The minimum atomic E-state index is -1.67. The lowest BCUT2D eigenvalue weighted by molar-refractivity contribution is -0.392. The number of phenolic OH excluding ortho intramolecular Hbond substituents is 1. The molecule has 61 heavy (non-hydrogen) atoms. The van der Waals surface area contributed by atoms with Crippen LogP contribution in [0.1, 0.15) is 24.0 Å². The minimum Gasteiger partial charge on any atom is -0.504 e. The second-order valence-electron chi connectivity index (χ2n) is 15.5. The van der Waals surface area contributed by atoms with Crippen LogP contribution < -0.4 is 20.0 Å². The van der Waals surface area contributed by atoms with E-state index in [1.807, 2.05) is 0 Å². The molecule has 2 heterocycles. The Labute approximate surface area is 351 Å². The molecule has 0 aromatic heterocycles. The van der Waals surface area contributed by atoms with E-state index in [4.69, 9.17) is 16.3 Å². The summed E-state index contributed by atoms with van der Waals surface area (Å²) in [6.07, 6.45) is 5.11. The van der Waals surface area contributed by atoms with E-state index >= 15 is 4.79 Å². The van der Waals surface area contributed by atoms with Gasteiger partial charge in [0.2, 0.25) is 11.8 Å². The van der Waals surface area contributed by atoms with Gasteiger partial charge in [-0.3, -0.25) is 44.8 Å². The van der Waals surface area contributed by atoms with Crippen LogP contribution >= 0.6 is 11.6 Å². The number of hydrogen-bond donors (Lipinski definition) is 2. The third-order valence-electron chi connectivity index (χ3n) is 12.2. The van der Waals surface area contributed by atoms with Crippen molar-refractivity contribution in [1.82, 2.24) is 5.01 Å². The van der Waals surface area contributed by atoms with E-state index in [-0.39, 0.29) is 41.4 Å². The third kappa shape index (κ3) is 6.43. The Morgan fingerprint density at radius 3 is 2.18 bits per heavy atom. The Morgan fingerprint density at radius 1 is 0.918 bits per heavy atom. The van der Waals surface area contributed by atoms with Gasteiger partial charge < -0.3 is 14.7 Å². The molecule has 312 valence electrons. The molecule has 4 aromatic carbocycles. The zero-order valence-electron chi connectivity index (χ0n) is 32.7. The molecule has 4 aromatic rings. The van der Waals surface area contributed by atoms with Crippen LogP contribution in [0, 0.1) is 55.6 Å². The van der Waals surface area contributed by atoms with Gasteiger partial charge >= 0.3 is 11.4 Å². The molecule has 4 aliphatic rings. The van der Waals surface area contributed by atoms with Crippen LogP contribution in [0.2, 0.25) is 5.02 Å². The smallest absolute Gasteiger partial charge is 0.301 e. The molecule has 1 saturated carbocycles. The van der Waals surface area contributed by atoms with E-state index in [1.165, 1.54) is 44.3 Å². The van der Waals surface area contributed by atoms with E-state index in [9.17, 15) is 44.1 Å². The molecule has 16 nitrogen and oxygen atoms in total. The number of carbonyl (C=O) groups excluding carboxylic acids is 4. The molecule has 2 N–H and O–H groups in total. The number of hydrogen-bond acceptors (Lipinski definition) is 12. The normalized spacial score (nSPS) is 24.3. The number of aromatic hydroxyl groups is 1. The zero-order valence-corrected chi connectivity index (χ0v) is 33.4. The SMILES string of the molecule is COc1cc(C=CC2C3=CCC4C(=O)N(c5cc([N+](=O)[O-])c(N(C)C)c([N+](=O)[O-])c5)C(=O)C4C3CC3C(=O)N(Nc4ccc(F)cc4)C(=O)C23c2ccc(Cl)cc2)ccc1O. The van der Waals surface area contributed by atoms with E-state index in [2.05, 4.69) is 5.43 Å². The molecule has 2 saturated heterocycles. The Kier molecular flexibility index (Phi) is 10.1. The number of methoxy groups -OCH3 is 1. The van der Waals surface area contributed by atoms with Gasteiger partial charge in [-0.25, -0.2) is 9.29 Å². The van der Waals surface area contributed by atoms with Crippen molar-refractivity contribution in [3.05, 3.63) is 139 Å². The number of allylic oxidation sites excluding steroid dienone is 3. The second kappa shape index (κ2) is 15.2. The Hall–Kier alpha value is -7.14. The first-order valence-corrected chi connectivity index (χ1v) is 19.4. The summed E-state index contributed by atoms with van der Waals surface area (Å²) in [5, 5.41) is 36.1. The lowest BCUT2D eigenvalue weighted by Gasteiger charge is -2.49. The number of ether oxygens (including phenoxy) is 1. The summed E-state index contributed by atoms with van der Waals surface area (Å²) in [5.74, 6) is -8.40. The molecular weight excluding hydrogens is 815 g/mol. The van der Waals surface area contributed by atoms with Gasteiger partial charge in [-0.1, -0.05) is 53.6 Å². The van der Waals surface area contributed by atoms with Crippen molar-refractivity contribution in [2.45, 2.75) is 18.3 Å². The first-order valence-electron chi connectivity index (χ1n) is 19.0. The standard InChI is InChI=1S/C43H36ClFN6O10/c1-47(2)38-33(50(57)58)19-27(20-34(38)51(59)60)48-39(53)29-15-14-28-30(37(29)41(48)55)21-32-40(54)49(46-26-12-10-25(45)11-13-26)42(56)43(32,23-6-8-24(44)9-7-23)31(28)16-4-22-5-17-35(52)36(18-22)61-3/h4-14,16-20,29-32,37,46,52H,15,21H2,1-3H3. The fourth-order valence-corrected chi connectivity index (χ4v) is 9.74. The molecular formula is C43H36ClFN6O10. The number of imide groups is 2. The van der Waals surface area contributed by atoms with Crippen LogP contribution in [-0.4, -0.2) is 64.8 Å². The number of nitrogens with one attached hydrogen (secondary N) is 1. The van der Waals surface area contributed by atoms with Crippen molar-refractivity contribution >= 4 is 69.7 Å². The van der Waals surface area contributed by atoms with Crippen molar-refractivity contribution in [2.24, 2.45) is 29.6 Å². The van der Waals surface area contributed by atoms with Gasteiger partial charge in [0.25, 0.3) is 11.8 Å². The van der Waals surface area contributed by atoms with Crippen LogP contribution in [0.4, 0.5) is 32.8 Å². The average Bonchev–Trinajstić information content (AvgIpc) is 3.61. The number of halogens is 2. The first-order chi connectivity index (χ1) is 29.1. The van der Waals surface area contributed by atoms with Gasteiger partial charge in [-0.15, -0.1) is 0 Å². The molecule has 0 bridgehead atoms. The molecule has 0 radical (unpaired) electrons. The Bertz CT molecular complexity index is 2580. The molecule has 8 rings (SSSR count). The van der Waals surface area contributed by atoms with Crippen molar-refractivity contribution < 1.29 is 43.3 Å². The summed E-state index contributed by atoms with van der Waals surface area (Å²) >= 11 is 6.35. The van der Waals surface area contributed by atoms with Crippen LogP contribution in [0.3, 0.4) is 0 Å². The predicted octanol–water partition coefficient (Wildman–Crippen LogP) is 6.81. The Balaban J connectivity index is 1.29. The number of phenols is 1. The van der Waals surface area contributed by atoms with E-state index < -0.39 is 85.7 Å². The number of benzene rings is 4. The second-order valence-corrected chi connectivity index (χ2v) is 15.9. The summed E-state index contributed by atoms with van der Waals surface area (Å²) < 4.78 is 19.3.